The second kappa shape index (κ2) is 10.9. The summed E-state index contributed by atoms with van der Waals surface area (Å²) in [4.78, 5) is 21.3. The molecule has 0 saturated carbocycles. The molecule has 1 aromatic heterocycles. The van der Waals surface area contributed by atoms with Gasteiger partial charge in [-0.15, -0.1) is 0 Å². The van der Waals surface area contributed by atoms with Gasteiger partial charge < -0.3 is 24.3 Å². The van der Waals surface area contributed by atoms with Gasteiger partial charge in [0.05, 0.1) is 24.7 Å². The number of fused-ring (bicyclic) bond motifs is 1. The van der Waals surface area contributed by atoms with E-state index in [-0.39, 0.29) is 35.5 Å². The molecule has 0 unspecified atom stereocenters. The summed E-state index contributed by atoms with van der Waals surface area (Å²) < 4.78 is 49.7. The van der Waals surface area contributed by atoms with Crippen LogP contribution in [0.1, 0.15) is 23.0 Å². The first kappa shape index (κ1) is 25.4. The number of carbonyl (C=O) groups excluding carboxylic acids is 1. The van der Waals surface area contributed by atoms with E-state index in [1.807, 2.05) is 6.92 Å². The maximum atomic E-state index is 13.0. The van der Waals surface area contributed by atoms with Gasteiger partial charge in [0.2, 0.25) is 10.0 Å². The molecule has 4 rings (SSSR count). The van der Waals surface area contributed by atoms with Gasteiger partial charge in [-0.05, 0) is 38.1 Å². The van der Waals surface area contributed by atoms with Crippen LogP contribution >= 0.6 is 0 Å². The number of anilines is 1. The molecule has 1 atom stereocenters. The van der Waals surface area contributed by atoms with Crippen molar-refractivity contribution in [1.82, 2.24) is 14.7 Å². The third-order valence-electron chi connectivity index (χ3n) is 5.00. The van der Waals surface area contributed by atoms with E-state index in [9.17, 15) is 13.2 Å². The minimum Gasteiger partial charge on any atom is -0.491 e. The lowest BCUT2D eigenvalue weighted by molar-refractivity contribution is 0.0915. The number of hydrogen-bond donors (Lipinski definition) is 2. The predicted octanol–water partition coefficient (Wildman–Crippen LogP) is 2.91. The minimum absolute atomic E-state index is 0.0251. The second-order valence-corrected chi connectivity index (χ2v) is 9.77. The quantitative estimate of drug-likeness (QED) is 0.465. The molecule has 0 fully saturated rings. The normalized spacial score (nSPS) is 15.1. The molecule has 0 spiro atoms. The number of rotatable bonds is 8. The maximum absolute atomic E-state index is 13.0. The number of benzene rings is 2. The lowest BCUT2D eigenvalue weighted by Gasteiger charge is -2.16. The van der Waals surface area contributed by atoms with Crippen LogP contribution in [0.2, 0.25) is 0 Å². The Morgan fingerprint density at radius 2 is 1.94 bits per heavy atom. The molecular weight excluding hydrogens is 488 g/mol. The summed E-state index contributed by atoms with van der Waals surface area (Å²) in [5, 5.41) is 2.70. The Morgan fingerprint density at radius 3 is 2.69 bits per heavy atom. The Labute approximate surface area is 208 Å². The summed E-state index contributed by atoms with van der Waals surface area (Å²) in [6.45, 7) is 4.31. The van der Waals surface area contributed by atoms with Gasteiger partial charge in [-0.1, -0.05) is 0 Å². The molecule has 3 aromatic rings. The average molecular weight is 515 g/mol. The van der Waals surface area contributed by atoms with Crippen LogP contribution in [0.4, 0.5) is 5.82 Å². The zero-order chi connectivity index (χ0) is 25.7. The van der Waals surface area contributed by atoms with E-state index in [0.717, 1.165) is 5.69 Å². The van der Waals surface area contributed by atoms with Crippen LogP contribution in [0.15, 0.2) is 53.7 Å². The molecule has 11 nitrogen and oxygen atoms in total. The molecule has 1 aliphatic rings. The Morgan fingerprint density at radius 1 is 1.14 bits per heavy atom. The van der Waals surface area contributed by atoms with Crippen LogP contribution in [-0.2, 0) is 14.8 Å². The van der Waals surface area contributed by atoms with Gasteiger partial charge in [0.15, 0.2) is 5.82 Å². The minimum atomic E-state index is -3.67. The van der Waals surface area contributed by atoms with Gasteiger partial charge in [-0.3, -0.25) is 9.78 Å². The highest BCUT2D eigenvalue weighted by atomic mass is 32.2. The van der Waals surface area contributed by atoms with Crippen LogP contribution in [0.3, 0.4) is 0 Å². The Bertz CT molecular complexity index is 1350. The van der Waals surface area contributed by atoms with Crippen molar-refractivity contribution in [2.45, 2.75) is 24.8 Å². The number of nitrogens with one attached hydrogen (secondary N) is 2. The summed E-state index contributed by atoms with van der Waals surface area (Å²) in [6.07, 6.45) is 2.72. The van der Waals surface area contributed by atoms with Crippen molar-refractivity contribution in [2.24, 2.45) is 0 Å². The molecule has 1 aliphatic heterocycles. The lowest BCUT2D eigenvalue weighted by Crippen LogP contribution is -2.24. The number of sulfonamides is 1. The van der Waals surface area contributed by atoms with Gasteiger partial charge in [0.1, 0.15) is 40.6 Å². The summed E-state index contributed by atoms with van der Waals surface area (Å²) in [7, 11) is -2.10. The monoisotopic (exact) mass is 514 g/mol. The zero-order valence-electron chi connectivity index (χ0n) is 20.0. The van der Waals surface area contributed by atoms with E-state index in [1.165, 1.54) is 30.5 Å². The largest absolute Gasteiger partial charge is 0.491 e. The number of aryl methyl sites for hydroxylation is 1. The molecule has 0 radical (unpaired) electrons. The van der Waals surface area contributed by atoms with Gasteiger partial charge in [-0.25, -0.2) is 18.1 Å². The van der Waals surface area contributed by atoms with Crippen LogP contribution in [-0.4, -0.2) is 57.3 Å². The SMILES string of the molecule is COC[C@H](C)Oc1cc(Oc2ccc3c(c2)OCCNS3(=O)=O)cc(C(=O)Nc2cnc(C)cn2)c1. The molecule has 36 heavy (non-hydrogen) atoms. The number of carbonyl (C=O) groups is 1. The van der Waals surface area contributed by atoms with Crippen LogP contribution in [0, 0.1) is 6.92 Å². The van der Waals surface area contributed by atoms with Crippen molar-refractivity contribution in [2.75, 3.05) is 32.2 Å². The van der Waals surface area contributed by atoms with E-state index in [0.29, 0.717) is 29.7 Å². The number of hydrogen-bond acceptors (Lipinski definition) is 9. The van der Waals surface area contributed by atoms with Crippen LogP contribution in [0.5, 0.6) is 23.0 Å². The zero-order valence-corrected chi connectivity index (χ0v) is 20.8. The van der Waals surface area contributed by atoms with Crippen LogP contribution < -0.4 is 24.2 Å². The summed E-state index contributed by atoms with van der Waals surface area (Å²) in [5.74, 6) is 1.04. The molecule has 0 saturated heterocycles. The fourth-order valence-corrected chi connectivity index (χ4v) is 4.55. The van der Waals surface area contributed by atoms with E-state index in [4.69, 9.17) is 18.9 Å². The van der Waals surface area contributed by atoms with E-state index in [1.54, 1.807) is 32.4 Å². The summed E-state index contributed by atoms with van der Waals surface area (Å²) >= 11 is 0. The van der Waals surface area contributed by atoms with Gasteiger partial charge in [0, 0.05) is 31.4 Å². The van der Waals surface area contributed by atoms with Crippen molar-refractivity contribution in [1.29, 1.82) is 0 Å². The molecule has 190 valence electrons. The fraction of sp³-hybridized carbons (Fsp3) is 0.292. The van der Waals surface area contributed by atoms with Crippen molar-refractivity contribution in [3.05, 3.63) is 60.0 Å². The highest BCUT2D eigenvalue weighted by molar-refractivity contribution is 7.89. The average Bonchev–Trinajstić information content (AvgIpc) is 2.98. The van der Waals surface area contributed by atoms with Gasteiger partial charge in [-0.2, -0.15) is 0 Å². The van der Waals surface area contributed by atoms with Gasteiger partial charge in [0.25, 0.3) is 5.91 Å². The molecular formula is C24H26N4O7S. The van der Waals surface area contributed by atoms with Crippen molar-refractivity contribution in [3.63, 3.8) is 0 Å². The number of nitrogens with zero attached hydrogens (tertiary/aromatic N) is 2. The fourth-order valence-electron chi connectivity index (χ4n) is 3.41. The number of aromatic nitrogens is 2. The molecule has 12 heteroatoms. The third kappa shape index (κ3) is 6.27. The van der Waals surface area contributed by atoms with Crippen LogP contribution in [0.25, 0.3) is 0 Å². The lowest BCUT2D eigenvalue weighted by atomic mass is 10.2. The Kier molecular flexibility index (Phi) is 7.67. The molecule has 0 aliphatic carbocycles. The molecule has 2 aromatic carbocycles. The maximum Gasteiger partial charge on any atom is 0.257 e. The molecule has 2 N–H and O–H groups in total. The number of ether oxygens (including phenoxy) is 4. The molecule has 2 heterocycles. The highest BCUT2D eigenvalue weighted by Gasteiger charge is 2.23. The second-order valence-electron chi connectivity index (χ2n) is 8.03. The van der Waals surface area contributed by atoms with Crippen molar-refractivity contribution >= 4 is 21.7 Å². The van der Waals surface area contributed by atoms with Gasteiger partial charge >= 0.3 is 0 Å². The topological polar surface area (TPSA) is 138 Å². The Balaban J connectivity index is 1.63. The molecule has 0 bridgehead atoms. The Hall–Kier alpha value is -3.74. The van der Waals surface area contributed by atoms with E-state index in [2.05, 4.69) is 20.0 Å². The summed E-state index contributed by atoms with van der Waals surface area (Å²) in [5.41, 5.74) is 0.979. The standard InChI is InChI=1S/C24H26N4O7S/c1-15-12-26-23(13-25-15)28-24(29)17-8-19(34-16(2)14-32-3)10-20(9-17)35-18-4-5-22-21(11-18)33-7-6-27-36(22,30)31/h4-5,8-13,16,27H,6-7,14H2,1-3H3,(H,26,28,29)/t16-/m0/s1. The first-order valence-electron chi connectivity index (χ1n) is 11.1. The molecule has 1 amide bonds. The third-order valence-corrected chi connectivity index (χ3v) is 6.50. The predicted molar refractivity (Wildman–Crippen MR) is 130 cm³/mol. The van der Waals surface area contributed by atoms with Crippen molar-refractivity contribution < 1.29 is 32.2 Å². The number of amides is 1. The first-order chi connectivity index (χ1) is 17.2. The van der Waals surface area contributed by atoms with E-state index >= 15 is 0 Å². The highest BCUT2D eigenvalue weighted by Crippen LogP contribution is 2.34. The number of methoxy groups -OCH3 is 1. The smallest absolute Gasteiger partial charge is 0.257 e. The van der Waals surface area contributed by atoms with Crippen molar-refractivity contribution in [3.8, 4) is 23.0 Å². The first-order valence-corrected chi connectivity index (χ1v) is 12.6. The van der Waals surface area contributed by atoms with E-state index < -0.39 is 15.9 Å². The summed E-state index contributed by atoms with van der Waals surface area (Å²) in [6, 6.07) is 9.14.